The average molecular weight is 721 g/mol. The molecule has 0 bridgehead atoms. The van der Waals surface area contributed by atoms with E-state index in [2.05, 4.69) is 31.4 Å². The molecule has 2 amide bonds. The minimum Gasteiger partial charge on any atom is -0.494 e. The van der Waals surface area contributed by atoms with Gasteiger partial charge >= 0.3 is 0 Å². The highest BCUT2D eigenvalue weighted by Crippen LogP contribution is 2.46. The molecule has 0 radical (unpaired) electrons. The van der Waals surface area contributed by atoms with E-state index in [4.69, 9.17) is 19.4 Å². The van der Waals surface area contributed by atoms with Crippen LogP contribution in [0.4, 0.5) is 0 Å². The second kappa shape index (κ2) is 15.3. The summed E-state index contributed by atoms with van der Waals surface area (Å²) in [5, 5.41) is 8.31. The molecule has 2 heterocycles. The largest absolute Gasteiger partial charge is 0.494 e. The summed E-state index contributed by atoms with van der Waals surface area (Å²) in [7, 11) is 0. The molecule has 1 fully saturated rings. The molecule has 54 heavy (non-hydrogen) atoms. The molecule has 8 nitrogen and oxygen atoms in total. The van der Waals surface area contributed by atoms with Crippen LogP contribution < -0.4 is 20.1 Å². The predicted octanol–water partition coefficient (Wildman–Crippen LogP) is 9.66. The fraction of sp³-hybridized carbons (Fsp3) is 0.304. The first-order chi connectivity index (χ1) is 26.0. The molecule has 7 rings (SSSR count). The number of pyridine rings is 2. The normalized spacial score (nSPS) is 17.9. The third kappa shape index (κ3) is 8.08. The fourth-order valence-corrected chi connectivity index (χ4v) is 8.32. The van der Waals surface area contributed by atoms with Crippen molar-refractivity contribution in [2.24, 2.45) is 10.8 Å². The Labute approximate surface area is 317 Å². The Morgan fingerprint density at radius 3 is 1.65 bits per heavy atom. The number of nitrogens with one attached hydrogen (secondary N) is 2. The first kappa shape index (κ1) is 36.6. The van der Waals surface area contributed by atoms with Crippen molar-refractivity contribution in [3.05, 3.63) is 120 Å². The maximum absolute atomic E-state index is 14.2. The summed E-state index contributed by atoms with van der Waals surface area (Å²) in [5.74, 6) is 1.32. The minimum atomic E-state index is -0.260. The summed E-state index contributed by atoms with van der Waals surface area (Å²) in [4.78, 5) is 38.1. The molecule has 1 aliphatic rings. The van der Waals surface area contributed by atoms with Gasteiger partial charge in [0.2, 0.25) is 0 Å². The highest BCUT2D eigenvalue weighted by molar-refractivity contribution is 6.08. The third-order valence-electron chi connectivity index (χ3n) is 10.3. The van der Waals surface area contributed by atoms with Crippen LogP contribution in [0.25, 0.3) is 44.3 Å². The highest BCUT2D eigenvalue weighted by atomic mass is 16.5. The molecule has 2 unspecified atom stereocenters. The van der Waals surface area contributed by atoms with Crippen molar-refractivity contribution in [2.75, 3.05) is 19.8 Å². The van der Waals surface area contributed by atoms with E-state index in [9.17, 15) is 9.59 Å². The second-order valence-corrected chi connectivity index (χ2v) is 15.5. The summed E-state index contributed by atoms with van der Waals surface area (Å²) < 4.78 is 11.3. The van der Waals surface area contributed by atoms with E-state index >= 15 is 0 Å². The highest BCUT2D eigenvalue weighted by Gasteiger charge is 2.42. The Morgan fingerprint density at radius 2 is 1.15 bits per heavy atom. The number of hydrogen-bond acceptors (Lipinski definition) is 6. The van der Waals surface area contributed by atoms with Crippen molar-refractivity contribution in [3.8, 4) is 34.0 Å². The number of para-hydroxylation sites is 2. The number of benzene rings is 4. The van der Waals surface area contributed by atoms with E-state index < -0.39 is 0 Å². The zero-order chi connectivity index (χ0) is 37.9. The Hall–Kier alpha value is -5.76. The van der Waals surface area contributed by atoms with Crippen LogP contribution in [0, 0.1) is 10.8 Å². The van der Waals surface area contributed by atoms with Gasteiger partial charge in [-0.2, -0.15) is 0 Å². The van der Waals surface area contributed by atoms with E-state index in [-0.39, 0.29) is 28.7 Å². The van der Waals surface area contributed by atoms with E-state index in [1.807, 2.05) is 123 Å². The molecule has 1 saturated carbocycles. The quantitative estimate of drug-likeness (QED) is 0.138. The number of nitrogens with zero attached hydrogens (tertiary/aromatic N) is 2. The van der Waals surface area contributed by atoms with Gasteiger partial charge in [-0.3, -0.25) is 9.59 Å². The SMILES string of the molecule is CCOc1ccc(-c2cc(C(=O)NCC3(C)CC(NC(=O)c4cc(-c5ccc(OCC)cc5)nc5ccccc45)CC(C)(C)C3)c3ccccc3n2)cc1. The van der Waals surface area contributed by atoms with Gasteiger partial charge in [0, 0.05) is 34.5 Å². The third-order valence-corrected chi connectivity index (χ3v) is 10.3. The monoisotopic (exact) mass is 720 g/mol. The first-order valence-corrected chi connectivity index (χ1v) is 18.9. The van der Waals surface area contributed by atoms with Crippen LogP contribution in [0.3, 0.4) is 0 Å². The molecule has 0 saturated heterocycles. The van der Waals surface area contributed by atoms with Gasteiger partial charge in [-0.1, -0.05) is 57.2 Å². The van der Waals surface area contributed by atoms with Gasteiger partial charge in [0.05, 0.1) is 46.8 Å². The van der Waals surface area contributed by atoms with Gasteiger partial charge in [-0.05, 0) is 117 Å². The van der Waals surface area contributed by atoms with E-state index in [0.717, 1.165) is 75.1 Å². The number of fused-ring (bicyclic) bond motifs is 2. The molecular weight excluding hydrogens is 673 g/mol. The molecule has 2 aromatic heterocycles. The number of ether oxygens (including phenoxy) is 2. The Kier molecular flexibility index (Phi) is 10.4. The fourth-order valence-electron chi connectivity index (χ4n) is 8.32. The molecule has 1 aliphatic carbocycles. The molecular formula is C46H48N4O4. The topological polar surface area (TPSA) is 102 Å². The minimum absolute atomic E-state index is 0.0619. The van der Waals surface area contributed by atoms with Gasteiger partial charge in [0.15, 0.2) is 0 Å². The molecule has 8 heteroatoms. The first-order valence-electron chi connectivity index (χ1n) is 18.9. The van der Waals surface area contributed by atoms with Crippen LogP contribution in [0.1, 0.15) is 74.6 Å². The smallest absolute Gasteiger partial charge is 0.252 e. The maximum atomic E-state index is 14.2. The zero-order valence-electron chi connectivity index (χ0n) is 31.7. The number of carbonyl (C=O) groups is 2. The van der Waals surface area contributed by atoms with Gasteiger partial charge < -0.3 is 20.1 Å². The van der Waals surface area contributed by atoms with Crippen molar-refractivity contribution in [1.82, 2.24) is 20.6 Å². The van der Waals surface area contributed by atoms with E-state index in [0.29, 0.717) is 30.9 Å². The maximum Gasteiger partial charge on any atom is 0.252 e. The lowest BCUT2D eigenvalue weighted by molar-refractivity contribution is 0.0593. The van der Waals surface area contributed by atoms with Crippen LogP contribution in [0.15, 0.2) is 109 Å². The predicted molar refractivity (Wildman–Crippen MR) is 216 cm³/mol. The number of aromatic nitrogens is 2. The van der Waals surface area contributed by atoms with Gasteiger partial charge in [-0.25, -0.2) is 9.97 Å². The second-order valence-electron chi connectivity index (χ2n) is 15.5. The molecule has 276 valence electrons. The van der Waals surface area contributed by atoms with E-state index in [1.165, 1.54) is 0 Å². The number of rotatable bonds is 11. The summed E-state index contributed by atoms with van der Waals surface area (Å²) in [5.41, 5.74) is 5.65. The van der Waals surface area contributed by atoms with Crippen LogP contribution in [0.2, 0.25) is 0 Å². The van der Waals surface area contributed by atoms with Crippen LogP contribution in [-0.2, 0) is 0 Å². The lowest BCUT2D eigenvalue weighted by Gasteiger charge is -2.47. The summed E-state index contributed by atoms with van der Waals surface area (Å²) >= 11 is 0. The van der Waals surface area contributed by atoms with Gasteiger partial charge in [-0.15, -0.1) is 0 Å². The lowest BCUT2D eigenvalue weighted by atomic mass is 9.62. The molecule has 2 atom stereocenters. The molecule has 4 aromatic carbocycles. The molecule has 6 aromatic rings. The lowest BCUT2D eigenvalue weighted by Crippen LogP contribution is -2.50. The average Bonchev–Trinajstić information content (AvgIpc) is 3.16. The molecule has 0 aliphatic heterocycles. The van der Waals surface area contributed by atoms with Crippen molar-refractivity contribution < 1.29 is 19.1 Å². The van der Waals surface area contributed by atoms with E-state index in [1.54, 1.807) is 0 Å². The van der Waals surface area contributed by atoms with Crippen LogP contribution in [0.5, 0.6) is 11.5 Å². The number of carbonyl (C=O) groups excluding carboxylic acids is 2. The van der Waals surface area contributed by atoms with Gasteiger partial charge in [0.25, 0.3) is 11.8 Å². The van der Waals surface area contributed by atoms with Crippen molar-refractivity contribution >= 4 is 33.6 Å². The Morgan fingerprint density at radius 1 is 0.667 bits per heavy atom. The number of amides is 2. The van der Waals surface area contributed by atoms with Crippen molar-refractivity contribution in [2.45, 2.75) is 59.9 Å². The van der Waals surface area contributed by atoms with Crippen LogP contribution >= 0.6 is 0 Å². The van der Waals surface area contributed by atoms with Crippen LogP contribution in [-0.4, -0.2) is 47.6 Å². The van der Waals surface area contributed by atoms with Gasteiger partial charge in [0.1, 0.15) is 11.5 Å². The molecule has 2 N–H and O–H groups in total. The number of hydrogen-bond donors (Lipinski definition) is 2. The zero-order valence-corrected chi connectivity index (χ0v) is 31.7. The Balaban J connectivity index is 1.10. The van der Waals surface area contributed by atoms with Crippen molar-refractivity contribution in [1.29, 1.82) is 0 Å². The molecule has 0 spiro atoms. The summed E-state index contributed by atoms with van der Waals surface area (Å²) in [6, 6.07) is 34.8. The van der Waals surface area contributed by atoms with Crippen molar-refractivity contribution in [3.63, 3.8) is 0 Å². The summed E-state index contributed by atoms with van der Waals surface area (Å²) in [6.45, 7) is 12.3. The Bertz CT molecular complexity index is 2300. The standard InChI is InChI=1S/C46H48N4O4/c1-6-53-33-20-16-30(17-21-33)41-24-37(35-12-8-10-14-39(35)49-41)43(51)47-29-46(5)27-32(26-45(3,4)28-46)48-44(52)38-25-42(50-40-15-11-9-13-36(38)40)31-18-22-34(23-19-31)54-7-2/h8-25,32H,6-7,26-29H2,1-5H3,(H,47,51)(H,48,52). The summed E-state index contributed by atoms with van der Waals surface area (Å²) in [6.07, 6.45) is 2.46.